The molecule has 7 heteroatoms. The number of allylic oxidation sites excluding steroid dienone is 1. The van der Waals surface area contributed by atoms with Gasteiger partial charge in [-0.05, 0) is 71.5 Å². The van der Waals surface area contributed by atoms with Crippen molar-refractivity contribution < 1.29 is 23.2 Å². The Kier molecular flexibility index (Phi) is 5.18. The second-order valence-corrected chi connectivity index (χ2v) is 19.8. The van der Waals surface area contributed by atoms with E-state index in [2.05, 4.69) is 46.2 Å². The molecule has 0 aromatic carbocycles. The summed E-state index contributed by atoms with van der Waals surface area (Å²) in [5.74, 6) is -0.166. The third-order valence-corrected chi connectivity index (χ3v) is 8.44. The number of carbonyl (C=O) groups is 2. The van der Waals surface area contributed by atoms with Gasteiger partial charge in [-0.1, -0.05) is 6.92 Å². The van der Waals surface area contributed by atoms with Crippen LogP contribution in [0.2, 0.25) is 39.3 Å². The molecule has 3 rings (SSSR count). The first-order chi connectivity index (χ1) is 12.6. The van der Waals surface area contributed by atoms with E-state index in [9.17, 15) is 9.59 Å². The second kappa shape index (κ2) is 6.62. The van der Waals surface area contributed by atoms with Crippen molar-refractivity contribution in [3.8, 4) is 0 Å². The first-order valence-electron chi connectivity index (χ1n) is 10.5. The first-order valence-corrected chi connectivity index (χ1v) is 17.3. The van der Waals surface area contributed by atoms with Gasteiger partial charge in [0, 0.05) is 17.9 Å². The maximum Gasteiger partial charge on any atom is 0.309 e. The van der Waals surface area contributed by atoms with E-state index in [0.29, 0.717) is 5.57 Å². The number of esters is 1. The Morgan fingerprint density at radius 3 is 2.14 bits per heavy atom. The minimum atomic E-state index is -2.05. The third-order valence-electron chi connectivity index (χ3n) is 6.42. The van der Waals surface area contributed by atoms with Gasteiger partial charge >= 0.3 is 5.97 Å². The van der Waals surface area contributed by atoms with Gasteiger partial charge in [-0.2, -0.15) is 0 Å². The topological polar surface area (TPSA) is 61.8 Å². The predicted molar refractivity (Wildman–Crippen MR) is 114 cm³/mol. The lowest BCUT2D eigenvalue weighted by molar-refractivity contribution is -0.145. The SMILES string of the molecule is CC1=C2[C@H]3OC(=O)[C@@H](C)[C@@H]3CC[C@](C)(O[Si](C)(C)C)[C@@]2(O[Si](C)(C)C)CC1=O. The van der Waals surface area contributed by atoms with Gasteiger partial charge in [0.15, 0.2) is 22.4 Å². The number of hydrogen-bond acceptors (Lipinski definition) is 5. The van der Waals surface area contributed by atoms with E-state index in [4.69, 9.17) is 13.6 Å². The van der Waals surface area contributed by atoms with Gasteiger partial charge in [-0.25, -0.2) is 0 Å². The lowest BCUT2D eigenvalue weighted by Gasteiger charge is -2.52. The van der Waals surface area contributed by atoms with E-state index < -0.39 is 27.8 Å². The quantitative estimate of drug-likeness (QED) is 0.493. The number of rotatable bonds is 4. The van der Waals surface area contributed by atoms with Crippen LogP contribution < -0.4 is 0 Å². The fraction of sp³-hybridized carbons (Fsp3) is 0.810. The van der Waals surface area contributed by atoms with Crippen LogP contribution in [0.15, 0.2) is 11.1 Å². The van der Waals surface area contributed by atoms with Crippen molar-refractivity contribution in [2.45, 2.75) is 96.6 Å². The number of carbonyl (C=O) groups excluding carboxylic acids is 2. The van der Waals surface area contributed by atoms with Crippen molar-refractivity contribution in [2.24, 2.45) is 11.8 Å². The Hall–Kier alpha value is -0.766. The molecular weight excluding hydrogens is 388 g/mol. The third kappa shape index (κ3) is 3.48. The summed E-state index contributed by atoms with van der Waals surface area (Å²) >= 11 is 0. The molecule has 0 bridgehead atoms. The zero-order valence-electron chi connectivity index (χ0n) is 18.9. The molecule has 0 spiro atoms. The molecule has 5 nitrogen and oxygen atoms in total. The molecule has 2 aliphatic carbocycles. The number of Topliss-reactive ketones (excluding diaryl/α,β-unsaturated/α-hetero) is 1. The first kappa shape index (κ1) is 21.9. The average molecular weight is 425 g/mol. The largest absolute Gasteiger partial charge is 0.457 e. The van der Waals surface area contributed by atoms with Gasteiger partial charge in [0.1, 0.15) is 11.7 Å². The van der Waals surface area contributed by atoms with Crippen molar-refractivity contribution in [3.63, 3.8) is 0 Å². The van der Waals surface area contributed by atoms with E-state index in [1.807, 2.05) is 13.8 Å². The zero-order valence-corrected chi connectivity index (χ0v) is 20.9. The molecule has 0 aromatic heterocycles. The van der Waals surface area contributed by atoms with Crippen molar-refractivity contribution in [1.82, 2.24) is 0 Å². The van der Waals surface area contributed by atoms with Crippen LogP contribution in [0, 0.1) is 11.8 Å². The second-order valence-electron chi connectivity index (χ2n) is 11.0. The number of hydrogen-bond donors (Lipinski definition) is 0. The molecule has 1 aliphatic heterocycles. The molecule has 1 saturated heterocycles. The highest BCUT2D eigenvalue weighted by Crippen LogP contribution is 2.57. The Bertz CT molecular complexity index is 732. The molecule has 0 radical (unpaired) electrons. The molecule has 1 heterocycles. The normalized spacial score (nSPS) is 39.0. The van der Waals surface area contributed by atoms with Crippen LogP contribution in [0.1, 0.15) is 40.0 Å². The smallest absolute Gasteiger partial charge is 0.309 e. The molecule has 0 amide bonds. The Balaban J connectivity index is 2.24. The van der Waals surface area contributed by atoms with Gasteiger partial charge in [0.2, 0.25) is 0 Å². The summed E-state index contributed by atoms with van der Waals surface area (Å²) < 4.78 is 19.7. The van der Waals surface area contributed by atoms with Crippen LogP contribution in [0.25, 0.3) is 0 Å². The molecule has 0 unspecified atom stereocenters. The Labute approximate surface area is 171 Å². The highest BCUT2D eigenvalue weighted by Gasteiger charge is 2.66. The van der Waals surface area contributed by atoms with Crippen molar-refractivity contribution >= 4 is 28.4 Å². The molecule has 1 saturated carbocycles. The van der Waals surface area contributed by atoms with E-state index in [0.717, 1.165) is 18.4 Å². The van der Waals surface area contributed by atoms with Crippen LogP contribution in [0.3, 0.4) is 0 Å². The van der Waals surface area contributed by atoms with E-state index in [1.54, 1.807) is 0 Å². The molecule has 5 atom stereocenters. The van der Waals surface area contributed by atoms with Gasteiger partial charge in [0.05, 0.1) is 11.5 Å². The summed E-state index contributed by atoms with van der Waals surface area (Å²) in [6.07, 6.45) is 1.50. The summed E-state index contributed by atoms with van der Waals surface area (Å²) in [7, 11) is -3.99. The fourth-order valence-electron chi connectivity index (χ4n) is 5.43. The minimum Gasteiger partial charge on any atom is -0.457 e. The summed E-state index contributed by atoms with van der Waals surface area (Å²) in [4.78, 5) is 25.5. The van der Waals surface area contributed by atoms with Crippen molar-refractivity contribution in [1.29, 1.82) is 0 Å². The molecule has 28 heavy (non-hydrogen) atoms. The van der Waals surface area contributed by atoms with Gasteiger partial charge < -0.3 is 13.6 Å². The van der Waals surface area contributed by atoms with Crippen LogP contribution in [-0.4, -0.2) is 45.7 Å². The maximum absolute atomic E-state index is 13.0. The summed E-state index contributed by atoms with van der Waals surface area (Å²) in [6.45, 7) is 19.0. The standard InChI is InChI=1S/C21H36O5Si2/c1-13-15-10-11-20(3,25-27(4,5)6)21(26-28(7,8)9)12-16(22)14(2)17(21)18(15)24-19(13)23/h13,15,18H,10-12H2,1-9H3/t13-,15-,18-,20-,21+/m0/s1. The fourth-order valence-corrected chi connectivity index (χ4v) is 8.49. The summed E-state index contributed by atoms with van der Waals surface area (Å²) in [6, 6.07) is 0. The minimum absolute atomic E-state index is 0.0695. The molecule has 0 aromatic rings. The lowest BCUT2D eigenvalue weighted by Crippen LogP contribution is -2.62. The predicted octanol–water partition coefficient (Wildman–Crippen LogP) is 4.45. The van der Waals surface area contributed by atoms with E-state index in [-0.39, 0.29) is 36.1 Å². The van der Waals surface area contributed by atoms with E-state index in [1.165, 1.54) is 0 Å². The van der Waals surface area contributed by atoms with Gasteiger partial charge in [-0.3, -0.25) is 9.59 Å². The summed E-state index contributed by atoms with van der Waals surface area (Å²) in [5, 5.41) is 0. The van der Waals surface area contributed by atoms with Crippen LogP contribution in [0.5, 0.6) is 0 Å². The average Bonchev–Trinajstić information content (AvgIpc) is 2.86. The zero-order chi connectivity index (χ0) is 21.3. The van der Waals surface area contributed by atoms with Gasteiger partial charge in [0.25, 0.3) is 0 Å². The molecule has 158 valence electrons. The van der Waals surface area contributed by atoms with Gasteiger partial charge in [-0.15, -0.1) is 0 Å². The monoisotopic (exact) mass is 424 g/mol. The van der Waals surface area contributed by atoms with Crippen LogP contribution in [0.4, 0.5) is 0 Å². The summed E-state index contributed by atoms with van der Waals surface area (Å²) in [5.41, 5.74) is 0.142. The molecule has 2 fully saturated rings. The van der Waals surface area contributed by atoms with E-state index >= 15 is 0 Å². The van der Waals surface area contributed by atoms with Crippen LogP contribution >= 0.6 is 0 Å². The Morgan fingerprint density at radius 1 is 1.04 bits per heavy atom. The maximum atomic E-state index is 13.0. The number of fused-ring (bicyclic) bond motifs is 3. The number of ether oxygens (including phenoxy) is 1. The molecular formula is C21H36O5Si2. The number of ketones is 1. The van der Waals surface area contributed by atoms with Crippen molar-refractivity contribution in [3.05, 3.63) is 11.1 Å². The molecule has 3 aliphatic rings. The van der Waals surface area contributed by atoms with Crippen LogP contribution in [-0.2, 0) is 23.2 Å². The molecule has 0 N–H and O–H groups in total. The Morgan fingerprint density at radius 2 is 1.61 bits per heavy atom. The highest BCUT2D eigenvalue weighted by molar-refractivity contribution is 6.70. The lowest BCUT2D eigenvalue weighted by atomic mass is 9.77. The highest BCUT2D eigenvalue weighted by atomic mass is 28.4. The van der Waals surface area contributed by atoms with Crippen molar-refractivity contribution in [2.75, 3.05) is 0 Å².